The molecule has 0 spiro atoms. The fourth-order valence-corrected chi connectivity index (χ4v) is 3.22. The van der Waals surface area contributed by atoms with Crippen LogP contribution in [0.5, 0.6) is 0 Å². The molecule has 1 atom stereocenters. The Kier molecular flexibility index (Phi) is 4.55. The highest BCUT2D eigenvalue weighted by Crippen LogP contribution is 2.14. The summed E-state index contributed by atoms with van der Waals surface area (Å²) in [5.41, 5.74) is 4.55. The van der Waals surface area contributed by atoms with Crippen molar-refractivity contribution < 1.29 is 0 Å². The lowest BCUT2D eigenvalue weighted by Gasteiger charge is -2.31. The van der Waals surface area contributed by atoms with Crippen molar-refractivity contribution in [3.63, 3.8) is 0 Å². The lowest BCUT2D eigenvalue weighted by Crippen LogP contribution is -2.43. The third-order valence-corrected chi connectivity index (χ3v) is 4.28. The minimum absolute atomic E-state index is 0.600. The average molecular weight is 299 g/mol. The fourth-order valence-electron chi connectivity index (χ4n) is 3.22. The maximum atomic E-state index is 4.65. The summed E-state index contributed by atoms with van der Waals surface area (Å²) < 4.78 is 0. The van der Waals surface area contributed by atoms with Crippen LogP contribution in [0.4, 0.5) is 0 Å². The second kappa shape index (κ2) is 6.58. The zero-order valence-corrected chi connectivity index (χ0v) is 13.7. The number of aromatic nitrogens is 3. The third-order valence-electron chi connectivity index (χ3n) is 4.28. The quantitative estimate of drug-likeness (QED) is 0.939. The molecule has 1 aromatic heterocycles. The predicted molar refractivity (Wildman–Crippen MR) is 88.2 cm³/mol. The lowest BCUT2D eigenvalue weighted by molar-refractivity contribution is 0.186. The molecule has 0 bridgehead atoms. The molecule has 1 aliphatic rings. The van der Waals surface area contributed by atoms with Gasteiger partial charge in [-0.2, -0.15) is 15.0 Å². The topological polar surface area (TPSA) is 46.0 Å². The van der Waals surface area contributed by atoms with E-state index in [0.29, 0.717) is 6.04 Å². The summed E-state index contributed by atoms with van der Waals surface area (Å²) >= 11 is 0. The molecule has 1 aliphatic heterocycles. The van der Waals surface area contributed by atoms with Crippen LogP contribution in [0.2, 0.25) is 0 Å². The van der Waals surface area contributed by atoms with Gasteiger partial charge in [0.05, 0.1) is 17.6 Å². The van der Waals surface area contributed by atoms with E-state index in [9.17, 15) is 0 Å². The number of rotatable bonds is 4. The van der Waals surface area contributed by atoms with Crippen LogP contribution in [0.1, 0.15) is 29.7 Å². The second-order valence-electron chi connectivity index (χ2n) is 6.33. The first-order valence-electron chi connectivity index (χ1n) is 8.03. The van der Waals surface area contributed by atoms with E-state index in [-0.39, 0.29) is 0 Å². The van der Waals surface area contributed by atoms with Gasteiger partial charge in [0.25, 0.3) is 0 Å². The molecule has 0 aliphatic carbocycles. The molecule has 0 radical (unpaired) electrons. The van der Waals surface area contributed by atoms with E-state index in [0.717, 1.165) is 31.0 Å². The monoisotopic (exact) mass is 299 g/mol. The zero-order valence-electron chi connectivity index (χ0n) is 13.7. The van der Waals surface area contributed by atoms with E-state index in [1.807, 2.05) is 13.2 Å². The van der Waals surface area contributed by atoms with Crippen molar-refractivity contribution in [1.29, 1.82) is 0 Å². The van der Waals surface area contributed by atoms with Crippen LogP contribution in [0.15, 0.2) is 24.4 Å². The molecular weight excluding hydrogens is 274 g/mol. The van der Waals surface area contributed by atoms with E-state index in [2.05, 4.69) is 52.5 Å². The molecular formula is C17H25N5. The smallest absolute Gasteiger partial charge is 0.0971 e. The van der Waals surface area contributed by atoms with Crippen LogP contribution in [-0.2, 0) is 6.54 Å². The zero-order chi connectivity index (χ0) is 15.5. The molecule has 1 aromatic carbocycles. The summed E-state index contributed by atoms with van der Waals surface area (Å²) in [5.74, 6) is 0. The van der Waals surface area contributed by atoms with Crippen molar-refractivity contribution in [3.05, 3.63) is 41.2 Å². The minimum Gasteiger partial charge on any atom is -0.316 e. The average Bonchev–Trinajstić information content (AvgIpc) is 2.95. The predicted octanol–water partition coefficient (Wildman–Crippen LogP) is 2.07. The van der Waals surface area contributed by atoms with E-state index in [1.165, 1.54) is 24.0 Å². The Bertz CT molecular complexity index is 613. The van der Waals surface area contributed by atoms with Crippen molar-refractivity contribution in [2.24, 2.45) is 0 Å². The number of hydrogen-bond donors (Lipinski definition) is 1. The number of likely N-dealkylation sites (N-methyl/N-ethyl adjacent to an activating group) is 1. The van der Waals surface area contributed by atoms with Crippen molar-refractivity contribution in [2.45, 2.75) is 39.3 Å². The van der Waals surface area contributed by atoms with Crippen LogP contribution in [0.3, 0.4) is 0 Å². The Hall–Kier alpha value is -1.72. The summed E-state index contributed by atoms with van der Waals surface area (Å²) in [5, 5.41) is 12.5. The Morgan fingerprint density at radius 1 is 1.23 bits per heavy atom. The number of aryl methyl sites for hydroxylation is 2. The Labute approximate surface area is 132 Å². The molecule has 1 saturated heterocycles. The third kappa shape index (κ3) is 3.54. The molecule has 118 valence electrons. The van der Waals surface area contributed by atoms with Gasteiger partial charge in [-0.3, -0.25) is 4.90 Å². The number of benzene rings is 1. The first kappa shape index (κ1) is 15.2. The number of nitrogens with zero attached hydrogens (tertiary/aromatic N) is 4. The molecule has 3 rings (SSSR count). The fraction of sp³-hybridized carbons (Fsp3) is 0.529. The number of nitrogens with one attached hydrogen (secondary N) is 1. The summed E-state index contributed by atoms with van der Waals surface area (Å²) in [6.07, 6.45) is 4.40. The standard InChI is InChI=1S/C17H25N5/c1-13-7-14(2)9-17(8-13)22-19-10-16(20-22)12-21-6-4-5-15(11-21)18-3/h7-10,15,18H,4-6,11-12H2,1-3H3. The highest BCUT2D eigenvalue weighted by molar-refractivity contribution is 5.37. The molecule has 1 unspecified atom stereocenters. The molecule has 1 N–H and O–H groups in total. The van der Waals surface area contributed by atoms with Crippen molar-refractivity contribution in [2.75, 3.05) is 20.1 Å². The van der Waals surface area contributed by atoms with Crippen LogP contribution in [0, 0.1) is 13.8 Å². The van der Waals surface area contributed by atoms with Gasteiger partial charge in [-0.15, -0.1) is 0 Å². The highest BCUT2D eigenvalue weighted by Gasteiger charge is 2.19. The maximum Gasteiger partial charge on any atom is 0.0971 e. The Morgan fingerprint density at radius 3 is 2.73 bits per heavy atom. The van der Waals surface area contributed by atoms with Crippen molar-refractivity contribution in [3.8, 4) is 5.69 Å². The van der Waals surface area contributed by atoms with Crippen LogP contribution < -0.4 is 5.32 Å². The molecule has 2 heterocycles. The van der Waals surface area contributed by atoms with Crippen LogP contribution >= 0.6 is 0 Å². The number of likely N-dealkylation sites (tertiary alicyclic amines) is 1. The summed E-state index contributed by atoms with van der Waals surface area (Å²) in [4.78, 5) is 4.20. The van der Waals surface area contributed by atoms with Gasteiger partial charge in [0.2, 0.25) is 0 Å². The molecule has 5 nitrogen and oxygen atoms in total. The molecule has 22 heavy (non-hydrogen) atoms. The lowest BCUT2D eigenvalue weighted by atomic mass is 10.1. The molecule has 0 saturated carbocycles. The molecule has 0 amide bonds. The number of hydrogen-bond acceptors (Lipinski definition) is 4. The van der Waals surface area contributed by atoms with Gasteiger partial charge in [0.1, 0.15) is 0 Å². The van der Waals surface area contributed by atoms with E-state index < -0.39 is 0 Å². The van der Waals surface area contributed by atoms with Gasteiger partial charge in [-0.1, -0.05) is 6.07 Å². The van der Waals surface area contributed by atoms with Gasteiger partial charge in [-0.05, 0) is 63.5 Å². The van der Waals surface area contributed by atoms with Gasteiger partial charge in [-0.25, -0.2) is 0 Å². The van der Waals surface area contributed by atoms with Crippen molar-refractivity contribution in [1.82, 2.24) is 25.2 Å². The van der Waals surface area contributed by atoms with Gasteiger partial charge in [0.15, 0.2) is 0 Å². The van der Waals surface area contributed by atoms with Gasteiger partial charge < -0.3 is 5.32 Å². The first-order valence-corrected chi connectivity index (χ1v) is 8.03. The number of piperidine rings is 1. The van der Waals surface area contributed by atoms with Crippen molar-refractivity contribution >= 4 is 0 Å². The summed E-state index contributed by atoms with van der Waals surface area (Å²) in [7, 11) is 2.05. The molecule has 5 heteroatoms. The van der Waals surface area contributed by atoms with Gasteiger partial charge in [0, 0.05) is 19.1 Å². The van der Waals surface area contributed by atoms with Crippen LogP contribution in [-0.4, -0.2) is 46.1 Å². The molecule has 2 aromatic rings. The van der Waals surface area contributed by atoms with E-state index in [4.69, 9.17) is 0 Å². The second-order valence-corrected chi connectivity index (χ2v) is 6.33. The SMILES string of the molecule is CNC1CCCN(Cc2cnn(-c3cc(C)cc(C)c3)n2)C1. The van der Waals surface area contributed by atoms with E-state index >= 15 is 0 Å². The highest BCUT2D eigenvalue weighted by atomic mass is 15.5. The minimum atomic E-state index is 0.600. The summed E-state index contributed by atoms with van der Waals surface area (Å²) in [6, 6.07) is 7.01. The van der Waals surface area contributed by atoms with Crippen LogP contribution in [0.25, 0.3) is 5.69 Å². The summed E-state index contributed by atoms with van der Waals surface area (Å²) in [6.45, 7) is 7.32. The maximum absolute atomic E-state index is 4.65. The van der Waals surface area contributed by atoms with Gasteiger partial charge >= 0.3 is 0 Å². The largest absolute Gasteiger partial charge is 0.316 e. The molecule has 1 fully saturated rings. The Balaban J connectivity index is 1.71. The first-order chi connectivity index (χ1) is 10.6. The Morgan fingerprint density at radius 2 is 2.00 bits per heavy atom. The van der Waals surface area contributed by atoms with E-state index in [1.54, 1.807) is 4.80 Å². The normalized spacial score (nSPS) is 19.5.